The molecule has 122 valence electrons. The minimum atomic E-state index is -4.70. The van der Waals surface area contributed by atoms with Gasteiger partial charge in [-0.15, -0.1) is 0 Å². The molecule has 0 bridgehead atoms. The van der Waals surface area contributed by atoms with Gasteiger partial charge in [0, 0.05) is 5.56 Å². The number of aromatic carboxylic acids is 1. The van der Waals surface area contributed by atoms with Gasteiger partial charge in [-0.05, 0) is 24.3 Å². The molecule has 0 saturated heterocycles. The smallest absolute Gasteiger partial charge is 0.416 e. The monoisotopic (exact) mass is 344 g/mol. The zero-order valence-electron chi connectivity index (χ0n) is 11.3. The van der Waals surface area contributed by atoms with Gasteiger partial charge in [-0.25, -0.2) is 8.42 Å². The first-order valence-corrected chi connectivity index (χ1v) is 7.60. The average molecular weight is 344 g/mol. The fourth-order valence-corrected chi connectivity index (χ4v) is 2.92. The number of hydrogen-bond donors (Lipinski definition) is 1. The number of hydrogen-bond acceptors (Lipinski definition) is 4. The first-order valence-electron chi connectivity index (χ1n) is 6.12. The molecule has 9 heteroatoms. The molecule has 0 amide bonds. The Bertz CT molecular complexity index is 847. The third-order valence-electron chi connectivity index (χ3n) is 2.86. The molecule has 0 saturated carbocycles. The van der Waals surface area contributed by atoms with E-state index < -0.39 is 38.2 Å². The zero-order valence-corrected chi connectivity index (χ0v) is 12.1. The quantitative estimate of drug-likeness (QED) is 0.917. The lowest BCUT2D eigenvalue weighted by Gasteiger charge is -2.14. The largest absolute Gasteiger partial charge is 0.545 e. The summed E-state index contributed by atoms with van der Waals surface area (Å²) in [7, 11) is -4.39. The molecule has 0 radical (unpaired) electrons. The van der Waals surface area contributed by atoms with E-state index >= 15 is 0 Å². The van der Waals surface area contributed by atoms with E-state index in [1.54, 1.807) is 0 Å². The Morgan fingerprint density at radius 3 is 2.30 bits per heavy atom. The van der Waals surface area contributed by atoms with E-state index in [4.69, 9.17) is 0 Å². The third-order valence-corrected chi connectivity index (χ3v) is 4.23. The van der Waals surface area contributed by atoms with Crippen LogP contribution >= 0.6 is 0 Å². The first-order chi connectivity index (χ1) is 10.6. The average Bonchev–Trinajstić information content (AvgIpc) is 2.46. The van der Waals surface area contributed by atoms with Crippen LogP contribution in [0.3, 0.4) is 0 Å². The summed E-state index contributed by atoms with van der Waals surface area (Å²) in [6.07, 6.45) is -4.70. The molecule has 0 atom stereocenters. The van der Waals surface area contributed by atoms with Crippen LogP contribution in [0.1, 0.15) is 15.9 Å². The molecule has 0 heterocycles. The van der Waals surface area contributed by atoms with Crippen LogP contribution in [0.5, 0.6) is 0 Å². The van der Waals surface area contributed by atoms with Gasteiger partial charge in [0.25, 0.3) is 10.0 Å². The van der Waals surface area contributed by atoms with Crippen molar-refractivity contribution in [3.63, 3.8) is 0 Å². The highest BCUT2D eigenvalue weighted by Crippen LogP contribution is 2.31. The molecule has 0 unspecified atom stereocenters. The number of carboxylic acids is 1. The van der Waals surface area contributed by atoms with Crippen molar-refractivity contribution < 1.29 is 31.5 Å². The predicted octanol–water partition coefficient (Wildman–Crippen LogP) is 1.87. The van der Waals surface area contributed by atoms with Gasteiger partial charge >= 0.3 is 6.18 Å². The van der Waals surface area contributed by atoms with Crippen molar-refractivity contribution in [1.29, 1.82) is 0 Å². The number of rotatable bonds is 4. The lowest BCUT2D eigenvalue weighted by Crippen LogP contribution is -2.25. The second kappa shape index (κ2) is 5.92. The normalized spacial score (nSPS) is 12.0. The van der Waals surface area contributed by atoms with Crippen LogP contribution < -0.4 is 9.83 Å². The fraction of sp³-hybridized carbons (Fsp3) is 0.0714. The molecule has 5 nitrogen and oxygen atoms in total. The summed E-state index contributed by atoms with van der Waals surface area (Å²) in [6.45, 7) is 0. The van der Waals surface area contributed by atoms with Crippen molar-refractivity contribution in [2.24, 2.45) is 0 Å². The Morgan fingerprint density at radius 2 is 1.70 bits per heavy atom. The van der Waals surface area contributed by atoms with Crippen LogP contribution in [-0.4, -0.2) is 14.4 Å². The summed E-state index contributed by atoms with van der Waals surface area (Å²) in [6, 6.07) is 8.11. The van der Waals surface area contributed by atoms with E-state index in [-0.39, 0.29) is 5.69 Å². The van der Waals surface area contributed by atoms with E-state index in [0.717, 1.165) is 30.3 Å². The minimum absolute atomic E-state index is 0.301. The van der Waals surface area contributed by atoms with Crippen LogP contribution in [0.2, 0.25) is 0 Å². The van der Waals surface area contributed by atoms with Crippen molar-refractivity contribution in [2.75, 3.05) is 4.72 Å². The van der Waals surface area contributed by atoms with E-state index in [0.29, 0.717) is 6.07 Å². The molecule has 2 aromatic carbocycles. The Hall–Kier alpha value is -2.55. The highest BCUT2D eigenvalue weighted by atomic mass is 32.2. The fourth-order valence-electron chi connectivity index (χ4n) is 1.79. The summed E-state index contributed by atoms with van der Waals surface area (Å²) in [5, 5.41) is 10.9. The Kier molecular flexibility index (Phi) is 4.33. The number of carbonyl (C=O) groups is 1. The van der Waals surface area contributed by atoms with Crippen molar-refractivity contribution in [3.05, 3.63) is 59.7 Å². The summed E-state index contributed by atoms with van der Waals surface area (Å²) >= 11 is 0. The Balaban J connectivity index is 2.43. The molecular weight excluding hydrogens is 335 g/mol. The van der Waals surface area contributed by atoms with Crippen molar-refractivity contribution in [2.45, 2.75) is 11.1 Å². The van der Waals surface area contributed by atoms with Gasteiger partial charge in [0.2, 0.25) is 0 Å². The van der Waals surface area contributed by atoms with Crippen LogP contribution in [0.25, 0.3) is 0 Å². The molecule has 23 heavy (non-hydrogen) atoms. The maximum atomic E-state index is 12.7. The van der Waals surface area contributed by atoms with Gasteiger partial charge < -0.3 is 9.90 Å². The topological polar surface area (TPSA) is 86.3 Å². The lowest BCUT2D eigenvalue weighted by atomic mass is 10.2. The standard InChI is InChI=1S/C14H10F3NO4S/c15-14(16,17)9-4-3-5-10(8-9)23(21,22)18-12-7-2-1-6-11(12)13(19)20/h1-8,18H,(H,19,20)/p-1. The molecule has 0 fully saturated rings. The van der Waals surface area contributed by atoms with Gasteiger partial charge in [-0.2, -0.15) is 13.2 Å². The number of para-hydroxylation sites is 1. The summed E-state index contributed by atoms with van der Waals surface area (Å²) in [4.78, 5) is 10.3. The first kappa shape index (κ1) is 16.8. The number of anilines is 1. The van der Waals surface area contributed by atoms with Crippen molar-refractivity contribution >= 4 is 21.7 Å². The highest BCUT2D eigenvalue weighted by molar-refractivity contribution is 7.92. The number of carboxylic acid groups (broad SMARTS) is 1. The van der Waals surface area contributed by atoms with E-state index in [1.807, 2.05) is 4.72 Å². The number of halogens is 3. The van der Waals surface area contributed by atoms with Crippen LogP contribution in [0, 0.1) is 0 Å². The molecular formula is C14H9F3NO4S-. The van der Waals surface area contributed by atoms with E-state index in [1.165, 1.54) is 12.1 Å². The van der Waals surface area contributed by atoms with Crippen LogP contribution in [-0.2, 0) is 16.2 Å². The number of sulfonamides is 1. The maximum absolute atomic E-state index is 12.7. The summed E-state index contributed by atoms with van der Waals surface area (Å²) in [5.74, 6) is -1.62. The second-order valence-electron chi connectivity index (χ2n) is 4.46. The molecule has 1 N–H and O–H groups in total. The van der Waals surface area contributed by atoms with Gasteiger partial charge in [0.1, 0.15) is 0 Å². The second-order valence-corrected chi connectivity index (χ2v) is 6.15. The van der Waals surface area contributed by atoms with Gasteiger partial charge in [0.05, 0.1) is 22.1 Å². The van der Waals surface area contributed by atoms with E-state index in [2.05, 4.69) is 0 Å². The van der Waals surface area contributed by atoms with Crippen LogP contribution in [0.15, 0.2) is 53.4 Å². The van der Waals surface area contributed by atoms with Crippen LogP contribution in [0.4, 0.5) is 18.9 Å². The number of nitrogens with one attached hydrogen (secondary N) is 1. The molecule has 0 aliphatic carbocycles. The van der Waals surface area contributed by atoms with Gasteiger partial charge in [-0.1, -0.05) is 24.3 Å². The summed E-state index contributed by atoms with van der Waals surface area (Å²) < 4.78 is 64.2. The summed E-state index contributed by atoms with van der Waals surface area (Å²) in [5.41, 5.74) is -1.86. The van der Waals surface area contributed by atoms with E-state index in [9.17, 15) is 31.5 Å². The molecule has 0 aromatic heterocycles. The third kappa shape index (κ3) is 3.81. The van der Waals surface area contributed by atoms with Gasteiger partial charge in [0.15, 0.2) is 0 Å². The predicted molar refractivity (Wildman–Crippen MR) is 73.0 cm³/mol. The Labute approximate surface area is 129 Å². The maximum Gasteiger partial charge on any atom is 0.416 e. The highest BCUT2D eigenvalue weighted by Gasteiger charge is 2.31. The number of benzene rings is 2. The number of carbonyl (C=O) groups excluding carboxylic acids is 1. The molecule has 2 rings (SSSR count). The Morgan fingerprint density at radius 1 is 1.04 bits per heavy atom. The van der Waals surface area contributed by atoms with Crippen molar-refractivity contribution in [3.8, 4) is 0 Å². The molecule has 0 spiro atoms. The van der Waals surface area contributed by atoms with Gasteiger partial charge in [-0.3, -0.25) is 4.72 Å². The molecule has 2 aromatic rings. The zero-order chi connectivity index (χ0) is 17.3. The SMILES string of the molecule is O=C([O-])c1ccccc1NS(=O)(=O)c1cccc(C(F)(F)F)c1. The lowest BCUT2D eigenvalue weighted by molar-refractivity contribution is -0.254. The number of alkyl halides is 3. The van der Waals surface area contributed by atoms with Crippen molar-refractivity contribution in [1.82, 2.24) is 0 Å². The molecule has 0 aliphatic heterocycles. The minimum Gasteiger partial charge on any atom is -0.545 e. The molecule has 0 aliphatic rings.